The molecule has 2 aromatic carbocycles. The summed E-state index contributed by atoms with van der Waals surface area (Å²) in [5.74, 6) is 0.826. The quantitative estimate of drug-likeness (QED) is 0.367. The number of nitrogens with one attached hydrogen (secondary N) is 1. The Hall–Kier alpha value is -3.30. The third-order valence-corrected chi connectivity index (χ3v) is 5.03. The van der Waals surface area contributed by atoms with Crippen LogP contribution >= 0.6 is 0 Å². The molecule has 0 saturated heterocycles. The number of rotatable bonds is 10. The van der Waals surface area contributed by atoms with E-state index in [1.54, 1.807) is 25.1 Å². The first-order valence-electron chi connectivity index (χ1n) is 11.3. The summed E-state index contributed by atoms with van der Waals surface area (Å²) in [6.45, 7) is 11.0. The Labute approximate surface area is 194 Å². The van der Waals surface area contributed by atoms with Gasteiger partial charge in [0.05, 0.1) is 40.7 Å². The van der Waals surface area contributed by atoms with Crippen LogP contribution in [0.15, 0.2) is 47.3 Å². The van der Waals surface area contributed by atoms with E-state index in [2.05, 4.69) is 17.1 Å². The molecular formula is C24H33N5O4. The molecule has 0 bridgehead atoms. The van der Waals surface area contributed by atoms with Crippen molar-refractivity contribution in [1.82, 2.24) is 19.8 Å². The second-order valence-electron chi connectivity index (χ2n) is 7.00. The number of ether oxygens (including phenoxy) is 1. The average molecular weight is 456 g/mol. The van der Waals surface area contributed by atoms with Gasteiger partial charge in [0.2, 0.25) is 0 Å². The number of nitrogens with zero attached hydrogens (tertiary/aromatic N) is 4. The van der Waals surface area contributed by atoms with E-state index in [9.17, 15) is 14.9 Å². The zero-order valence-corrected chi connectivity index (χ0v) is 20.0. The van der Waals surface area contributed by atoms with Crippen LogP contribution in [0.5, 0.6) is 5.75 Å². The zero-order valence-electron chi connectivity index (χ0n) is 20.0. The maximum atomic E-state index is 13.5. The Bertz CT molecular complexity index is 1130. The molecule has 9 nitrogen and oxygen atoms in total. The number of nitro groups is 1. The van der Waals surface area contributed by atoms with Crippen molar-refractivity contribution in [3.05, 3.63) is 68.8 Å². The number of likely N-dealkylation sites (N-methyl/N-ethyl adjacent to an activating group) is 2. The number of fused-ring (bicyclic) bond motifs is 1. The lowest BCUT2D eigenvalue weighted by Gasteiger charge is -2.23. The summed E-state index contributed by atoms with van der Waals surface area (Å²) in [5.41, 5.74) is 0.721. The third kappa shape index (κ3) is 6.15. The first-order chi connectivity index (χ1) is 16.0. The van der Waals surface area contributed by atoms with Crippen LogP contribution in [0.4, 0.5) is 5.69 Å². The molecule has 0 atom stereocenters. The first-order valence-corrected chi connectivity index (χ1v) is 11.3. The lowest BCUT2D eigenvalue weighted by atomic mass is 10.2. The van der Waals surface area contributed by atoms with Crippen LogP contribution in [0, 0.1) is 10.1 Å². The number of hydrogen-bond donors (Lipinski definition) is 1. The maximum Gasteiger partial charge on any atom is 0.273 e. The van der Waals surface area contributed by atoms with E-state index < -0.39 is 4.92 Å². The number of para-hydroxylation sites is 1. The van der Waals surface area contributed by atoms with Gasteiger partial charge in [0, 0.05) is 19.2 Å². The minimum Gasteiger partial charge on any atom is -0.491 e. The van der Waals surface area contributed by atoms with Gasteiger partial charge in [-0.2, -0.15) is 0 Å². The van der Waals surface area contributed by atoms with E-state index in [0.717, 1.165) is 19.6 Å². The monoisotopic (exact) mass is 455 g/mol. The molecule has 0 amide bonds. The van der Waals surface area contributed by atoms with Gasteiger partial charge in [-0.05, 0) is 38.7 Å². The number of hydrogen-bond acceptors (Lipinski definition) is 7. The maximum absolute atomic E-state index is 13.5. The SMILES string of the molecule is CC.CCOc1cc([N+](=O)[O-])ccc1-n1c(CN(CC)CCNC)nc2ccccc2c1=O. The molecule has 0 spiro atoms. The van der Waals surface area contributed by atoms with E-state index >= 15 is 0 Å². The van der Waals surface area contributed by atoms with Gasteiger partial charge < -0.3 is 10.1 Å². The highest BCUT2D eigenvalue weighted by Gasteiger charge is 2.20. The fraction of sp³-hybridized carbons (Fsp3) is 0.417. The molecule has 178 valence electrons. The smallest absolute Gasteiger partial charge is 0.273 e. The molecule has 3 aromatic rings. The van der Waals surface area contributed by atoms with E-state index in [4.69, 9.17) is 9.72 Å². The lowest BCUT2D eigenvalue weighted by Crippen LogP contribution is -2.34. The van der Waals surface area contributed by atoms with Crippen LogP contribution in [0.3, 0.4) is 0 Å². The van der Waals surface area contributed by atoms with Crippen molar-refractivity contribution in [2.45, 2.75) is 34.2 Å². The van der Waals surface area contributed by atoms with Crippen molar-refractivity contribution in [1.29, 1.82) is 0 Å². The van der Waals surface area contributed by atoms with Crippen molar-refractivity contribution in [3.63, 3.8) is 0 Å². The second kappa shape index (κ2) is 12.7. The Morgan fingerprint density at radius 3 is 2.55 bits per heavy atom. The molecule has 9 heteroatoms. The Morgan fingerprint density at radius 2 is 1.91 bits per heavy atom. The predicted octanol–water partition coefficient (Wildman–Crippen LogP) is 3.76. The topological polar surface area (TPSA) is 103 Å². The number of non-ortho nitro benzene ring substituents is 1. The van der Waals surface area contributed by atoms with E-state index in [0.29, 0.717) is 35.6 Å². The van der Waals surface area contributed by atoms with Crippen molar-refractivity contribution >= 4 is 16.6 Å². The van der Waals surface area contributed by atoms with Crippen molar-refractivity contribution in [2.24, 2.45) is 0 Å². The molecule has 0 radical (unpaired) electrons. The molecule has 0 aliphatic carbocycles. The van der Waals surface area contributed by atoms with Gasteiger partial charge in [-0.15, -0.1) is 0 Å². The largest absolute Gasteiger partial charge is 0.491 e. The van der Waals surface area contributed by atoms with Gasteiger partial charge in [0.15, 0.2) is 0 Å². The lowest BCUT2D eigenvalue weighted by molar-refractivity contribution is -0.384. The third-order valence-electron chi connectivity index (χ3n) is 5.03. The molecular weight excluding hydrogens is 422 g/mol. The predicted molar refractivity (Wildman–Crippen MR) is 131 cm³/mol. The fourth-order valence-corrected chi connectivity index (χ4v) is 3.42. The Kier molecular flexibility index (Phi) is 9.96. The highest BCUT2D eigenvalue weighted by molar-refractivity contribution is 5.78. The normalized spacial score (nSPS) is 10.7. The minimum atomic E-state index is -0.481. The van der Waals surface area contributed by atoms with Gasteiger partial charge in [-0.25, -0.2) is 4.98 Å². The van der Waals surface area contributed by atoms with E-state index in [-0.39, 0.29) is 17.0 Å². The molecule has 0 aliphatic rings. The van der Waals surface area contributed by atoms with Crippen molar-refractivity contribution < 1.29 is 9.66 Å². The summed E-state index contributed by atoms with van der Waals surface area (Å²) in [6, 6.07) is 11.5. The molecule has 3 rings (SSSR count). The van der Waals surface area contributed by atoms with Crippen LogP contribution in [0.2, 0.25) is 0 Å². The van der Waals surface area contributed by atoms with Gasteiger partial charge in [0.1, 0.15) is 11.6 Å². The average Bonchev–Trinajstić information content (AvgIpc) is 2.83. The summed E-state index contributed by atoms with van der Waals surface area (Å²) in [6.07, 6.45) is 0. The second-order valence-corrected chi connectivity index (χ2v) is 7.00. The van der Waals surface area contributed by atoms with E-state index in [1.165, 1.54) is 16.7 Å². The van der Waals surface area contributed by atoms with Gasteiger partial charge in [0.25, 0.3) is 11.2 Å². The first kappa shape index (κ1) is 26.0. The van der Waals surface area contributed by atoms with Crippen LogP contribution < -0.4 is 15.6 Å². The van der Waals surface area contributed by atoms with Crippen LogP contribution in [-0.4, -0.2) is 52.7 Å². The molecule has 1 N–H and O–H groups in total. The number of nitro benzene ring substituents is 1. The molecule has 0 unspecified atom stereocenters. The van der Waals surface area contributed by atoms with Gasteiger partial charge in [-0.3, -0.25) is 24.4 Å². The molecule has 1 aromatic heterocycles. The molecule has 33 heavy (non-hydrogen) atoms. The van der Waals surface area contributed by atoms with Crippen molar-refractivity contribution in [3.8, 4) is 11.4 Å². The van der Waals surface area contributed by atoms with Gasteiger partial charge in [-0.1, -0.05) is 32.9 Å². The van der Waals surface area contributed by atoms with Gasteiger partial charge >= 0.3 is 0 Å². The van der Waals surface area contributed by atoms with Crippen LogP contribution in [0.1, 0.15) is 33.5 Å². The van der Waals surface area contributed by atoms with Crippen molar-refractivity contribution in [2.75, 3.05) is 33.3 Å². The summed E-state index contributed by atoms with van der Waals surface area (Å²) in [4.78, 5) is 31.2. The Morgan fingerprint density at radius 1 is 1.18 bits per heavy atom. The zero-order chi connectivity index (χ0) is 24.4. The highest BCUT2D eigenvalue weighted by Crippen LogP contribution is 2.29. The van der Waals surface area contributed by atoms with Crippen LogP contribution in [-0.2, 0) is 6.54 Å². The summed E-state index contributed by atoms with van der Waals surface area (Å²) in [7, 11) is 1.89. The summed E-state index contributed by atoms with van der Waals surface area (Å²) >= 11 is 0. The summed E-state index contributed by atoms with van der Waals surface area (Å²) < 4.78 is 7.20. The number of benzene rings is 2. The summed E-state index contributed by atoms with van der Waals surface area (Å²) in [5, 5.41) is 14.9. The Balaban J connectivity index is 0.00000187. The standard InChI is InChI=1S/C22H27N5O4.C2H6/c1-4-25(13-12-23-3)15-21-24-18-9-7-6-8-17(18)22(28)26(21)19-11-10-16(27(29)30)14-20(19)31-5-2;1-2/h6-11,14,23H,4-5,12-13,15H2,1-3H3;1-2H3. The molecule has 1 heterocycles. The van der Waals surface area contributed by atoms with Crippen LogP contribution in [0.25, 0.3) is 16.6 Å². The number of aromatic nitrogens is 2. The molecule has 0 aliphatic heterocycles. The van der Waals surface area contributed by atoms with E-state index in [1.807, 2.05) is 33.0 Å². The highest BCUT2D eigenvalue weighted by atomic mass is 16.6. The molecule has 0 fully saturated rings. The fourth-order valence-electron chi connectivity index (χ4n) is 3.42. The molecule has 0 saturated carbocycles. The minimum absolute atomic E-state index is 0.0975.